The number of hydrazone groups is 1. The lowest BCUT2D eigenvalue weighted by Crippen LogP contribution is -2.46. The van der Waals surface area contributed by atoms with Crippen molar-refractivity contribution in [3.8, 4) is 0 Å². The highest BCUT2D eigenvalue weighted by Crippen LogP contribution is 2.41. The van der Waals surface area contributed by atoms with Crippen LogP contribution in [0, 0.1) is 0 Å². The summed E-state index contributed by atoms with van der Waals surface area (Å²) >= 11 is 0. The van der Waals surface area contributed by atoms with Gasteiger partial charge in [-0.1, -0.05) is 60.7 Å². The zero-order valence-corrected chi connectivity index (χ0v) is 14.8. The van der Waals surface area contributed by atoms with E-state index in [4.69, 9.17) is 11.0 Å². The maximum Gasteiger partial charge on any atom is 0.220 e. The Hall–Kier alpha value is -1.75. The fourth-order valence-electron chi connectivity index (χ4n) is 2.16. The van der Waals surface area contributed by atoms with Crippen molar-refractivity contribution in [3.05, 3.63) is 60.7 Å². The molecule has 0 heterocycles. The predicted octanol–water partition coefficient (Wildman–Crippen LogP) is 1.46. The first-order chi connectivity index (χ1) is 10.8. The number of primary sulfonamides is 1. The molecule has 0 aromatic heterocycles. The number of rotatable bonds is 5. The Bertz CT molecular complexity index is 751. The highest BCUT2D eigenvalue weighted by molar-refractivity contribution is 7.96. The Morgan fingerprint density at radius 1 is 0.957 bits per heavy atom. The first kappa shape index (κ1) is 17.6. The highest BCUT2D eigenvalue weighted by Gasteiger charge is 2.42. The van der Waals surface area contributed by atoms with E-state index in [1.165, 1.54) is 13.8 Å². The standard InChI is InChI=1S/C16H20N3O2PS/c1-16(2,23(18,20)21)15(19-17)22(13-9-5-3-6-10-13)14-11-7-4-8-12-14/h3-12H,17H2,1-2H3,(H2,18,20,21). The SMILES string of the molecule is CC(C)(C(=NN)P(c1ccccc1)c1ccccc1)S(N)(=O)=O. The van der Waals surface area contributed by atoms with E-state index in [2.05, 4.69) is 5.10 Å². The normalized spacial score (nSPS) is 13.3. The van der Waals surface area contributed by atoms with Gasteiger partial charge in [0.2, 0.25) is 10.0 Å². The van der Waals surface area contributed by atoms with E-state index < -0.39 is 22.7 Å². The quantitative estimate of drug-likeness (QED) is 0.370. The molecule has 0 bridgehead atoms. The molecule has 122 valence electrons. The van der Waals surface area contributed by atoms with Crippen LogP contribution in [0.4, 0.5) is 0 Å². The third kappa shape index (κ3) is 3.61. The number of hydrogen-bond acceptors (Lipinski definition) is 4. The molecule has 0 aliphatic heterocycles. The summed E-state index contributed by atoms with van der Waals surface area (Å²) in [5.41, 5.74) is 0.368. The number of hydrogen-bond donors (Lipinski definition) is 2. The molecule has 0 unspecified atom stereocenters. The van der Waals surface area contributed by atoms with Crippen LogP contribution in [0.5, 0.6) is 0 Å². The number of nitrogens with zero attached hydrogens (tertiary/aromatic N) is 1. The molecule has 0 amide bonds. The molecule has 0 aliphatic carbocycles. The molecule has 2 aromatic carbocycles. The van der Waals surface area contributed by atoms with Crippen LogP contribution in [0.15, 0.2) is 65.8 Å². The van der Waals surface area contributed by atoms with Gasteiger partial charge in [0.25, 0.3) is 0 Å². The van der Waals surface area contributed by atoms with Crippen molar-refractivity contribution in [2.45, 2.75) is 18.6 Å². The zero-order chi connectivity index (χ0) is 17.1. The molecule has 0 atom stereocenters. The fraction of sp³-hybridized carbons (Fsp3) is 0.188. The highest BCUT2D eigenvalue weighted by atomic mass is 32.2. The van der Waals surface area contributed by atoms with E-state index in [0.717, 1.165) is 10.6 Å². The Morgan fingerprint density at radius 3 is 1.65 bits per heavy atom. The smallest absolute Gasteiger partial charge is 0.220 e. The van der Waals surface area contributed by atoms with E-state index >= 15 is 0 Å². The van der Waals surface area contributed by atoms with Crippen LogP contribution < -0.4 is 21.6 Å². The van der Waals surface area contributed by atoms with Gasteiger partial charge in [-0.05, 0) is 24.5 Å². The van der Waals surface area contributed by atoms with Gasteiger partial charge >= 0.3 is 0 Å². The molecule has 0 saturated carbocycles. The Balaban J connectivity index is 2.67. The largest absolute Gasteiger partial charge is 0.323 e. The van der Waals surface area contributed by atoms with E-state index in [1.54, 1.807) is 0 Å². The molecule has 7 heteroatoms. The summed E-state index contributed by atoms with van der Waals surface area (Å²) < 4.78 is 22.8. The molecule has 4 N–H and O–H groups in total. The fourth-order valence-corrected chi connectivity index (χ4v) is 5.50. The Morgan fingerprint density at radius 2 is 1.35 bits per heavy atom. The number of nitrogens with two attached hydrogens (primary N) is 2. The van der Waals surface area contributed by atoms with E-state index in [9.17, 15) is 8.42 Å². The van der Waals surface area contributed by atoms with Crippen LogP contribution in [0.1, 0.15) is 13.8 Å². The average Bonchev–Trinajstić information content (AvgIpc) is 2.52. The van der Waals surface area contributed by atoms with Crippen molar-refractivity contribution in [1.82, 2.24) is 0 Å². The van der Waals surface area contributed by atoms with Gasteiger partial charge in [0.1, 0.15) is 4.75 Å². The van der Waals surface area contributed by atoms with Crippen LogP contribution in [-0.4, -0.2) is 18.6 Å². The van der Waals surface area contributed by atoms with Gasteiger partial charge in [-0.2, -0.15) is 5.10 Å². The van der Waals surface area contributed by atoms with Gasteiger partial charge in [-0.25, -0.2) is 13.6 Å². The molecule has 0 radical (unpaired) electrons. The lowest BCUT2D eigenvalue weighted by atomic mass is 10.2. The van der Waals surface area contributed by atoms with E-state index in [1.807, 2.05) is 60.7 Å². The van der Waals surface area contributed by atoms with Gasteiger partial charge in [-0.3, -0.25) is 0 Å². The Labute approximate surface area is 138 Å². The minimum absolute atomic E-state index is 0.368. The molecule has 2 rings (SSSR count). The minimum Gasteiger partial charge on any atom is -0.323 e. The van der Waals surface area contributed by atoms with Crippen molar-refractivity contribution in [1.29, 1.82) is 0 Å². The summed E-state index contributed by atoms with van der Waals surface area (Å²) in [6.07, 6.45) is 0. The summed E-state index contributed by atoms with van der Waals surface area (Å²) in [6, 6.07) is 19.2. The first-order valence-corrected chi connectivity index (χ1v) is 9.89. The maximum atomic E-state index is 12.1. The summed E-state index contributed by atoms with van der Waals surface area (Å²) in [5, 5.41) is 11.2. The zero-order valence-electron chi connectivity index (χ0n) is 13.0. The van der Waals surface area contributed by atoms with Crippen LogP contribution >= 0.6 is 7.92 Å². The summed E-state index contributed by atoms with van der Waals surface area (Å²) in [4.78, 5) is 0. The topological polar surface area (TPSA) is 98.5 Å². The van der Waals surface area contributed by atoms with Gasteiger partial charge in [0, 0.05) is 7.92 Å². The van der Waals surface area contributed by atoms with Crippen molar-refractivity contribution in [2.75, 3.05) is 0 Å². The van der Waals surface area contributed by atoms with E-state index in [-0.39, 0.29) is 0 Å². The Kier molecular flexibility index (Phi) is 5.19. The van der Waals surface area contributed by atoms with Crippen LogP contribution in [-0.2, 0) is 10.0 Å². The molecule has 0 aliphatic rings. The van der Waals surface area contributed by atoms with Gasteiger partial charge in [0.05, 0.1) is 5.45 Å². The lowest BCUT2D eigenvalue weighted by Gasteiger charge is -2.30. The maximum absolute atomic E-state index is 12.1. The monoisotopic (exact) mass is 349 g/mol. The van der Waals surface area contributed by atoms with Gasteiger partial charge < -0.3 is 5.84 Å². The minimum atomic E-state index is -3.87. The molecule has 23 heavy (non-hydrogen) atoms. The first-order valence-electron chi connectivity index (χ1n) is 7.00. The summed E-state index contributed by atoms with van der Waals surface area (Å²) in [7, 11) is -5.07. The van der Waals surface area contributed by atoms with Crippen molar-refractivity contribution in [3.63, 3.8) is 0 Å². The average molecular weight is 349 g/mol. The van der Waals surface area contributed by atoms with Crippen molar-refractivity contribution >= 4 is 34.0 Å². The third-order valence-corrected chi connectivity index (χ3v) is 8.11. The predicted molar refractivity (Wildman–Crippen MR) is 97.9 cm³/mol. The van der Waals surface area contributed by atoms with Crippen molar-refractivity contribution in [2.24, 2.45) is 16.1 Å². The number of sulfonamides is 1. The second-order valence-corrected chi connectivity index (χ2v) is 9.75. The van der Waals surface area contributed by atoms with Crippen LogP contribution in [0.3, 0.4) is 0 Å². The van der Waals surface area contributed by atoms with E-state index in [0.29, 0.717) is 5.45 Å². The van der Waals surface area contributed by atoms with Crippen molar-refractivity contribution < 1.29 is 8.42 Å². The van der Waals surface area contributed by atoms with Gasteiger partial charge in [-0.15, -0.1) is 0 Å². The summed E-state index contributed by atoms with van der Waals surface area (Å²) in [6.45, 7) is 3.07. The second-order valence-electron chi connectivity index (χ2n) is 5.51. The second kappa shape index (κ2) is 6.79. The summed E-state index contributed by atoms with van der Waals surface area (Å²) in [5.74, 6) is 5.62. The van der Waals surface area contributed by atoms with Crippen LogP contribution in [0.2, 0.25) is 0 Å². The van der Waals surface area contributed by atoms with Crippen LogP contribution in [0.25, 0.3) is 0 Å². The molecule has 0 saturated heterocycles. The third-order valence-electron chi connectivity index (χ3n) is 3.61. The molecule has 0 fully saturated rings. The molecule has 0 spiro atoms. The lowest BCUT2D eigenvalue weighted by molar-refractivity contribution is 0.579. The molecular formula is C16H20N3O2PS. The van der Waals surface area contributed by atoms with Gasteiger partial charge in [0.15, 0.2) is 0 Å². The molecule has 5 nitrogen and oxygen atoms in total. The molecule has 2 aromatic rings. The molecular weight excluding hydrogens is 329 g/mol. The number of benzene rings is 2.